The van der Waals surface area contributed by atoms with E-state index in [1.807, 2.05) is 38.1 Å². The van der Waals surface area contributed by atoms with Gasteiger partial charge in [0.2, 0.25) is 5.95 Å². The molecule has 0 aliphatic carbocycles. The fraction of sp³-hybridized carbons (Fsp3) is 0.375. The van der Waals surface area contributed by atoms with E-state index in [1.54, 1.807) is 0 Å². The van der Waals surface area contributed by atoms with Crippen LogP contribution in [0.3, 0.4) is 0 Å². The number of anilines is 2. The summed E-state index contributed by atoms with van der Waals surface area (Å²) in [7, 11) is 0. The van der Waals surface area contributed by atoms with E-state index in [0.29, 0.717) is 6.04 Å². The maximum absolute atomic E-state index is 6.06. The van der Waals surface area contributed by atoms with Crippen molar-refractivity contribution in [2.75, 3.05) is 23.3 Å². The van der Waals surface area contributed by atoms with Crippen molar-refractivity contribution in [1.82, 2.24) is 9.97 Å². The molecule has 0 amide bonds. The molecule has 4 nitrogen and oxygen atoms in total. The lowest BCUT2D eigenvalue weighted by Crippen LogP contribution is -2.26. The molecule has 3 rings (SSSR count). The zero-order chi connectivity index (χ0) is 14.8. The number of halogens is 1. The number of hydrogen-bond donors (Lipinski definition) is 1. The Morgan fingerprint density at radius 1 is 1.19 bits per heavy atom. The topological polar surface area (TPSA) is 41.1 Å². The Morgan fingerprint density at radius 3 is 2.67 bits per heavy atom. The average molecular weight is 303 g/mol. The molecule has 0 saturated carbocycles. The molecule has 1 aliphatic heterocycles. The number of hydrogen-bond acceptors (Lipinski definition) is 4. The predicted molar refractivity (Wildman–Crippen MR) is 87.2 cm³/mol. The Labute approximate surface area is 130 Å². The van der Waals surface area contributed by atoms with Crippen LogP contribution in [-0.2, 0) is 0 Å². The largest absolute Gasteiger partial charge is 0.369 e. The van der Waals surface area contributed by atoms with Crippen LogP contribution in [-0.4, -0.2) is 29.1 Å². The van der Waals surface area contributed by atoms with E-state index >= 15 is 0 Å². The van der Waals surface area contributed by atoms with Crippen molar-refractivity contribution in [2.24, 2.45) is 0 Å². The Morgan fingerprint density at radius 2 is 1.95 bits per heavy atom. The minimum atomic E-state index is 0.366. The van der Waals surface area contributed by atoms with Crippen molar-refractivity contribution in [1.29, 1.82) is 0 Å². The van der Waals surface area contributed by atoms with Gasteiger partial charge in [-0.2, -0.15) is 0 Å². The molecule has 1 fully saturated rings. The molecule has 2 aromatic rings. The van der Waals surface area contributed by atoms with Gasteiger partial charge in [-0.15, -0.1) is 0 Å². The van der Waals surface area contributed by atoms with Crippen molar-refractivity contribution in [2.45, 2.75) is 26.3 Å². The Kier molecular flexibility index (Phi) is 3.97. The third kappa shape index (κ3) is 3.45. The summed E-state index contributed by atoms with van der Waals surface area (Å²) < 4.78 is 0. The molecular formula is C16H19ClN4. The van der Waals surface area contributed by atoms with Crippen molar-refractivity contribution < 1.29 is 0 Å². The lowest BCUT2D eigenvalue weighted by molar-refractivity contribution is 0.788. The fourth-order valence-electron chi connectivity index (χ4n) is 2.76. The normalized spacial score (nSPS) is 18.0. The molecule has 0 spiro atoms. The second-order valence-corrected chi connectivity index (χ2v) is 5.97. The predicted octanol–water partition coefficient (Wildman–Crippen LogP) is 3.44. The maximum Gasteiger partial charge on any atom is 0.223 e. The Hall–Kier alpha value is -1.81. The summed E-state index contributed by atoms with van der Waals surface area (Å²) >= 11 is 6.06. The minimum Gasteiger partial charge on any atom is -0.369 e. The minimum absolute atomic E-state index is 0.366. The summed E-state index contributed by atoms with van der Waals surface area (Å²) in [6.07, 6.45) is 1.07. The molecular weight excluding hydrogens is 284 g/mol. The van der Waals surface area contributed by atoms with Gasteiger partial charge in [0.15, 0.2) is 0 Å². The van der Waals surface area contributed by atoms with Gasteiger partial charge in [-0.1, -0.05) is 17.7 Å². The van der Waals surface area contributed by atoms with Gasteiger partial charge >= 0.3 is 0 Å². The van der Waals surface area contributed by atoms with Crippen molar-refractivity contribution in [3.8, 4) is 0 Å². The molecule has 2 heterocycles. The van der Waals surface area contributed by atoms with Crippen LogP contribution in [0.25, 0.3) is 0 Å². The van der Waals surface area contributed by atoms with Crippen LogP contribution in [0.4, 0.5) is 11.6 Å². The zero-order valence-electron chi connectivity index (χ0n) is 12.3. The highest BCUT2D eigenvalue weighted by Gasteiger charge is 2.23. The summed E-state index contributed by atoms with van der Waals surface area (Å²) in [4.78, 5) is 11.2. The lowest BCUT2D eigenvalue weighted by atomic mass is 10.2. The third-order valence-corrected chi connectivity index (χ3v) is 3.91. The number of nitrogens with zero attached hydrogens (tertiary/aromatic N) is 3. The summed E-state index contributed by atoms with van der Waals surface area (Å²) in [6.45, 7) is 5.94. The first-order valence-corrected chi connectivity index (χ1v) is 7.57. The third-order valence-electron chi connectivity index (χ3n) is 3.68. The molecule has 1 atom stereocenters. The first kappa shape index (κ1) is 14.1. The first-order chi connectivity index (χ1) is 10.1. The van der Waals surface area contributed by atoms with Crippen LogP contribution in [0, 0.1) is 13.8 Å². The SMILES string of the molecule is Cc1cc(C)nc(NC2CCN(c3cccc(Cl)c3)C2)n1. The van der Waals surface area contributed by atoms with Crippen LogP contribution in [0.15, 0.2) is 30.3 Å². The van der Waals surface area contributed by atoms with Gasteiger partial charge in [-0.05, 0) is 44.5 Å². The van der Waals surface area contributed by atoms with Gasteiger partial charge < -0.3 is 10.2 Å². The average Bonchev–Trinajstić information content (AvgIpc) is 2.86. The van der Waals surface area contributed by atoms with Crippen LogP contribution >= 0.6 is 11.6 Å². The maximum atomic E-state index is 6.06. The van der Waals surface area contributed by atoms with E-state index in [2.05, 4.69) is 26.3 Å². The fourth-order valence-corrected chi connectivity index (χ4v) is 2.94. The van der Waals surface area contributed by atoms with E-state index in [-0.39, 0.29) is 0 Å². The van der Waals surface area contributed by atoms with E-state index < -0.39 is 0 Å². The second kappa shape index (κ2) is 5.90. The molecule has 1 saturated heterocycles. The highest BCUT2D eigenvalue weighted by Crippen LogP contribution is 2.24. The standard InChI is InChI=1S/C16H19ClN4/c1-11-8-12(2)19-16(18-11)20-14-6-7-21(10-14)15-5-3-4-13(17)9-15/h3-5,8-9,14H,6-7,10H2,1-2H3,(H,18,19,20). The first-order valence-electron chi connectivity index (χ1n) is 7.19. The van der Waals surface area contributed by atoms with Crippen molar-refractivity contribution in [3.05, 3.63) is 46.7 Å². The highest BCUT2D eigenvalue weighted by molar-refractivity contribution is 6.30. The number of benzene rings is 1. The molecule has 21 heavy (non-hydrogen) atoms. The van der Waals surface area contributed by atoms with E-state index in [9.17, 15) is 0 Å². The van der Waals surface area contributed by atoms with Crippen LogP contribution in [0.2, 0.25) is 5.02 Å². The van der Waals surface area contributed by atoms with Crippen molar-refractivity contribution in [3.63, 3.8) is 0 Å². The number of nitrogens with one attached hydrogen (secondary N) is 1. The van der Waals surface area contributed by atoms with Crippen LogP contribution in [0.1, 0.15) is 17.8 Å². The van der Waals surface area contributed by atoms with E-state index in [0.717, 1.165) is 41.9 Å². The van der Waals surface area contributed by atoms with Crippen molar-refractivity contribution >= 4 is 23.2 Å². The number of rotatable bonds is 3. The lowest BCUT2D eigenvalue weighted by Gasteiger charge is -2.19. The molecule has 0 bridgehead atoms. The van der Waals surface area contributed by atoms with Gasteiger partial charge in [0.25, 0.3) is 0 Å². The molecule has 1 aromatic carbocycles. The van der Waals surface area contributed by atoms with Gasteiger partial charge in [-0.25, -0.2) is 9.97 Å². The summed E-state index contributed by atoms with van der Waals surface area (Å²) in [5.41, 5.74) is 3.16. The number of aryl methyl sites for hydroxylation is 2. The summed E-state index contributed by atoms with van der Waals surface area (Å²) in [5.74, 6) is 0.727. The molecule has 110 valence electrons. The van der Waals surface area contributed by atoms with Gasteiger partial charge in [0.05, 0.1) is 0 Å². The molecule has 1 aromatic heterocycles. The monoisotopic (exact) mass is 302 g/mol. The Bertz CT molecular complexity index is 624. The quantitative estimate of drug-likeness (QED) is 0.943. The summed E-state index contributed by atoms with van der Waals surface area (Å²) in [5, 5.41) is 4.22. The van der Waals surface area contributed by atoms with Crippen LogP contribution < -0.4 is 10.2 Å². The van der Waals surface area contributed by atoms with Crippen LogP contribution in [0.5, 0.6) is 0 Å². The molecule has 5 heteroatoms. The van der Waals surface area contributed by atoms with E-state index in [1.165, 1.54) is 5.69 Å². The molecule has 0 radical (unpaired) electrons. The van der Waals surface area contributed by atoms with Gasteiger partial charge in [0.1, 0.15) is 0 Å². The molecule has 1 unspecified atom stereocenters. The smallest absolute Gasteiger partial charge is 0.223 e. The summed E-state index contributed by atoms with van der Waals surface area (Å²) in [6, 6.07) is 10.4. The highest BCUT2D eigenvalue weighted by atomic mass is 35.5. The molecule has 1 aliphatic rings. The zero-order valence-corrected chi connectivity index (χ0v) is 13.1. The Balaban J connectivity index is 1.67. The van der Waals surface area contributed by atoms with Gasteiger partial charge in [0, 0.05) is 41.2 Å². The van der Waals surface area contributed by atoms with Gasteiger partial charge in [-0.3, -0.25) is 0 Å². The van der Waals surface area contributed by atoms with E-state index in [4.69, 9.17) is 11.6 Å². The second-order valence-electron chi connectivity index (χ2n) is 5.53. The number of aromatic nitrogens is 2. The molecule has 1 N–H and O–H groups in total.